The van der Waals surface area contributed by atoms with Gasteiger partial charge in [-0.1, -0.05) is 36.4 Å². The van der Waals surface area contributed by atoms with Crippen molar-refractivity contribution in [1.29, 1.82) is 0 Å². The summed E-state index contributed by atoms with van der Waals surface area (Å²) in [6.07, 6.45) is 7.24. The monoisotopic (exact) mass is 452 g/mol. The molecule has 4 aliphatic rings. The highest BCUT2D eigenvalue weighted by Gasteiger charge is 2.71. The molecule has 5 atom stereocenters. The van der Waals surface area contributed by atoms with E-state index in [0.29, 0.717) is 13.0 Å². The van der Waals surface area contributed by atoms with Crippen LogP contribution >= 0.6 is 0 Å². The van der Waals surface area contributed by atoms with Crippen LogP contribution in [0.15, 0.2) is 42.5 Å². The number of likely N-dealkylation sites (tertiary alicyclic amines) is 1. The smallest absolute Gasteiger partial charge is 0.312 e. The number of carbonyl (C=O) groups is 3. The van der Waals surface area contributed by atoms with Crippen molar-refractivity contribution < 1.29 is 29.0 Å². The number of aliphatic hydroxyl groups is 1. The molecule has 0 saturated carbocycles. The van der Waals surface area contributed by atoms with E-state index in [9.17, 15) is 19.5 Å². The summed E-state index contributed by atoms with van der Waals surface area (Å²) in [6.45, 7) is 4.14. The van der Waals surface area contributed by atoms with Crippen molar-refractivity contribution in [3.63, 3.8) is 0 Å². The molecule has 1 N–H and O–H groups in total. The summed E-state index contributed by atoms with van der Waals surface area (Å²) in [5.41, 5.74) is 1.42. The molecule has 0 radical (unpaired) electrons. The molecular weight excluding hydrogens is 424 g/mol. The number of benzene rings is 1. The Hall–Kier alpha value is -2.97. The van der Waals surface area contributed by atoms with Crippen LogP contribution in [0.1, 0.15) is 17.5 Å². The van der Waals surface area contributed by atoms with E-state index in [-0.39, 0.29) is 31.6 Å². The predicted molar refractivity (Wildman–Crippen MR) is 119 cm³/mol. The van der Waals surface area contributed by atoms with E-state index in [1.165, 1.54) is 4.90 Å². The fraction of sp³-hybridized carbons (Fsp3) is 0.480. The van der Waals surface area contributed by atoms with Gasteiger partial charge in [-0.2, -0.15) is 0 Å². The van der Waals surface area contributed by atoms with E-state index < -0.39 is 35.6 Å². The highest BCUT2D eigenvalue weighted by molar-refractivity contribution is 6.05. The first-order chi connectivity index (χ1) is 15.9. The van der Waals surface area contributed by atoms with Crippen LogP contribution in [0.3, 0.4) is 0 Å². The fourth-order valence-electron chi connectivity index (χ4n) is 5.68. The minimum Gasteiger partial charge on any atom is -0.465 e. The Morgan fingerprint density at radius 2 is 1.97 bits per heavy atom. The van der Waals surface area contributed by atoms with Gasteiger partial charge >= 0.3 is 5.97 Å². The predicted octanol–water partition coefficient (Wildman–Crippen LogP) is 1.28. The molecule has 8 heteroatoms. The number of anilines is 1. The molecule has 0 aromatic heterocycles. The topological polar surface area (TPSA) is 96.4 Å². The summed E-state index contributed by atoms with van der Waals surface area (Å²) >= 11 is 0. The molecule has 1 aromatic rings. The zero-order chi connectivity index (χ0) is 23.3. The molecule has 8 nitrogen and oxygen atoms in total. The first kappa shape index (κ1) is 21.9. The minimum absolute atomic E-state index is 0.0202. The molecule has 2 fully saturated rings. The summed E-state index contributed by atoms with van der Waals surface area (Å²) in [7, 11) is 0. The Balaban J connectivity index is 1.63. The maximum atomic E-state index is 14.1. The Morgan fingerprint density at radius 1 is 1.15 bits per heavy atom. The average Bonchev–Trinajstić information content (AvgIpc) is 3.14. The zero-order valence-corrected chi connectivity index (χ0v) is 18.8. The number of rotatable bonds is 3. The second-order valence-corrected chi connectivity index (χ2v) is 9.12. The van der Waals surface area contributed by atoms with Gasteiger partial charge in [-0.3, -0.25) is 14.4 Å². The van der Waals surface area contributed by atoms with Crippen molar-refractivity contribution in [3.8, 4) is 0 Å². The Bertz CT molecular complexity index is 1060. The number of cyclic esters (lactones) is 1. The second kappa shape index (κ2) is 8.11. The molecule has 0 bridgehead atoms. The summed E-state index contributed by atoms with van der Waals surface area (Å²) in [4.78, 5) is 43.7. The van der Waals surface area contributed by atoms with Gasteiger partial charge in [0, 0.05) is 18.8 Å². The van der Waals surface area contributed by atoms with E-state index >= 15 is 0 Å². The van der Waals surface area contributed by atoms with Crippen LogP contribution in [0.2, 0.25) is 0 Å². The van der Waals surface area contributed by atoms with Crippen LogP contribution in [0.4, 0.5) is 5.69 Å². The highest BCUT2D eigenvalue weighted by Crippen LogP contribution is 2.53. The molecular formula is C25H28N2O6. The number of aliphatic hydroxyl groups excluding tert-OH is 1. The Morgan fingerprint density at radius 3 is 2.76 bits per heavy atom. The van der Waals surface area contributed by atoms with Gasteiger partial charge in [0.05, 0.1) is 25.2 Å². The van der Waals surface area contributed by atoms with Crippen LogP contribution in [0.25, 0.3) is 0 Å². The number of hydrogen-bond donors (Lipinski definition) is 1. The number of β-amino-alcohol motifs (C(OH)–C–C–N with tert-alkyl or cyclic N) is 1. The molecule has 5 rings (SSSR count). The van der Waals surface area contributed by atoms with Crippen molar-refractivity contribution in [2.24, 2.45) is 11.8 Å². The third kappa shape index (κ3) is 3.23. The van der Waals surface area contributed by atoms with E-state index in [2.05, 4.69) is 0 Å². The first-order valence-electron chi connectivity index (χ1n) is 11.4. The number of nitrogens with zero attached hydrogens (tertiary/aromatic N) is 2. The van der Waals surface area contributed by atoms with Crippen LogP contribution in [0.5, 0.6) is 0 Å². The standard InChI is InChI=1S/C25H28N2O6/c1-15-7-8-16(2)17(14-15)26-10-5-9-25-20(22(29)27(11-12-28)21(25)23(26)30)19-18(33-25)6-3-4-13-32-24(19)31/h3,5-9,14,18-21,28H,4,10-13H2,1-2H3/t18-,19+,20+,21?,25+/m1/s1. The van der Waals surface area contributed by atoms with Crippen LogP contribution in [-0.4, -0.2) is 71.8 Å². The summed E-state index contributed by atoms with van der Waals surface area (Å²) < 4.78 is 11.8. The third-order valence-corrected chi connectivity index (χ3v) is 7.12. The fourth-order valence-corrected chi connectivity index (χ4v) is 5.68. The van der Waals surface area contributed by atoms with Gasteiger partial charge in [0.15, 0.2) is 0 Å². The molecule has 174 valence electrons. The van der Waals surface area contributed by atoms with Gasteiger partial charge in [-0.25, -0.2) is 0 Å². The lowest BCUT2D eigenvalue weighted by Gasteiger charge is -2.35. The minimum atomic E-state index is -1.31. The van der Waals surface area contributed by atoms with E-state index in [4.69, 9.17) is 9.47 Å². The summed E-state index contributed by atoms with van der Waals surface area (Å²) in [5.74, 6) is -2.88. The number of fused-ring (bicyclic) bond motifs is 2. The lowest BCUT2D eigenvalue weighted by atomic mass is 9.77. The molecule has 0 aliphatic carbocycles. The molecule has 2 saturated heterocycles. The van der Waals surface area contributed by atoms with Crippen molar-refractivity contribution >= 4 is 23.5 Å². The lowest BCUT2D eigenvalue weighted by molar-refractivity contribution is -0.154. The van der Waals surface area contributed by atoms with Crippen LogP contribution in [-0.2, 0) is 23.9 Å². The van der Waals surface area contributed by atoms with E-state index in [1.54, 1.807) is 11.0 Å². The van der Waals surface area contributed by atoms with Gasteiger partial charge in [0.25, 0.3) is 5.91 Å². The normalized spacial score (nSPS) is 33.2. The maximum Gasteiger partial charge on any atom is 0.312 e. The molecule has 4 aliphatic heterocycles. The number of carbonyl (C=O) groups excluding carboxylic acids is 3. The Kier molecular flexibility index (Phi) is 5.37. The van der Waals surface area contributed by atoms with Crippen molar-refractivity contribution in [3.05, 3.63) is 53.6 Å². The second-order valence-electron chi connectivity index (χ2n) is 9.12. The van der Waals surface area contributed by atoms with Crippen molar-refractivity contribution in [1.82, 2.24) is 4.90 Å². The Labute approximate surface area is 192 Å². The lowest BCUT2D eigenvalue weighted by Crippen LogP contribution is -2.55. The maximum absolute atomic E-state index is 14.1. The molecule has 1 unspecified atom stereocenters. The first-order valence-corrected chi connectivity index (χ1v) is 11.4. The number of aryl methyl sites for hydroxylation is 2. The van der Waals surface area contributed by atoms with Gasteiger partial charge in [0.2, 0.25) is 5.91 Å². The quantitative estimate of drug-likeness (QED) is 0.548. The van der Waals surface area contributed by atoms with E-state index in [1.807, 2.05) is 50.3 Å². The van der Waals surface area contributed by atoms with Gasteiger partial charge in [-0.15, -0.1) is 0 Å². The molecule has 1 spiro atoms. The zero-order valence-electron chi connectivity index (χ0n) is 18.8. The van der Waals surface area contributed by atoms with E-state index in [0.717, 1.165) is 16.8 Å². The average molecular weight is 453 g/mol. The molecule has 2 amide bonds. The summed E-state index contributed by atoms with van der Waals surface area (Å²) in [5, 5.41) is 9.70. The molecule has 4 heterocycles. The van der Waals surface area contributed by atoms with Gasteiger partial charge < -0.3 is 24.4 Å². The van der Waals surface area contributed by atoms with Crippen LogP contribution < -0.4 is 4.90 Å². The summed E-state index contributed by atoms with van der Waals surface area (Å²) in [6, 6.07) is 4.91. The largest absolute Gasteiger partial charge is 0.465 e. The number of ether oxygens (including phenoxy) is 2. The third-order valence-electron chi connectivity index (χ3n) is 7.12. The highest BCUT2D eigenvalue weighted by atomic mass is 16.6. The number of hydrogen-bond acceptors (Lipinski definition) is 6. The number of esters is 1. The molecule has 33 heavy (non-hydrogen) atoms. The SMILES string of the molecule is Cc1ccc(C)c(N2CC=C[C@]34O[C@@H]5C=CCCOC(=O)[C@@H]5[C@H]3C(=O)N(CCO)C4C2=O)c1. The van der Waals surface area contributed by atoms with Gasteiger partial charge in [-0.05, 0) is 37.5 Å². The van der Waals surface area contributed by atoms with Crippen molar-refractivity contribution in [2.45, 2.75) is 38.0 Å². The van der Waals surface area contributed by atoms with Crippen molar-refractivity contribution in [2.75, 3.05) is 31.2 Å². The number of amides is 2. The van der Waals surface area contributed by atoms with Crippen LogP contribution in [0, 0.1) is 25.7 Å². The van der Waals surface area contributed by atoms with Gasteiger partial charge in [0.1, 0.15) is 17.6 Å². The molecule has 1 aromatic carbocycles.